The molecule has 0 bridgehead atoms. The van der Waals surface area contributed by atoms with Crippen molar-refractivity contribution in [1.29, 1.82) is 0 Å². The van der Waals surface area contributed by atoms with Gasteiger partial charge in [0.2, 0.25) is 10.0 Å². The van der Waals surface area contributed by atoms with Gasteiger partial charge < -0.3 is 9.84 Å². The van der Waals surface area contributed by atoms with Crippen LogP contribution in [0, 0.1) is 5.92 Å². The quantitative estimate of drug-likeness (QED) is 0.670. The van der Waals surface area contributed by atoms with Crippen LogP contribution in [0.2, 0.25) is 0 Å². The van der Waals surface area contributed by atoms with Crippen LogP contribution in [0.4, 0.5) is 0 Å². The predicted molar refractivity (Wildman–Crippen MR) is 102 cm³/mol. The normalized spacial score (nSPS) is 15.6. The fraction of sp³-hybridized carbons (Fsp3) is 0.400. The maximum absolute atomic E-state index is 12.4. The second kappa shape index (κ2) is 8.66. The molecule has 0 aliphatic heterocycles. The van der Waals surface area contributed by atoms with Crippen LogP contribution in [-0.4, -0.2) is 32.5 Å². The lowest BCUT2D eigenvalue weighted by molar-refractivity contribution is 0.295. The van der Waals surface area contributed by atoms with Crippen LogP contribution in [0.25, 0.3) is 0 Å². The summed E-state index contributed by atoms with van der Waals surface area (Å²) in [6.07, 6.45) is 2.65. The molecular weight excluding hydrogens is 350 g/mol. The number of hydrogen-bond donors (Lipinski definition) is 2. The summed E-state index contributed by atoms with van der Waals surface area (Å²) < 4.78 is 33.4. The molecule has 0 amide bonds. The Hall–Kier alpha value is -1.89. The molecule has 0 heterocycles. The summed E-state index contributed by atoms with van der Waals surface area (Å²) in [4.78, 5) is 0. The van der Waals surface area contributed by atoms with Crippen molar-refractivity contribution in [2.75, 3.05) is 19.0 Å². The van der Waals surface area contributed by atoms with Crippen molar-refractivity contribution in [1.82, 2.24) is 4.72 Å². The number of nitrogens with one attached hydrogen (secondary N) is 1. The van der Waals surface area contributed by atoms with Gasteiger partial charge in [-0.05, 0) is 48.4 Å². The lowest BCUT2D eigenvalue weighted by atomic mass is 9.99. The second-order valence-electron chi connectivity index (χ2n) is 6.68. The summed E-state index contributed by atoms with van der Waals surface area (Å²) in [5.41, 5.74) is 1.69. The summed E-state index contributed by atoms with van der Waals surface area (Å²) in [5, 5.41) is 8.93. The Bertz CT molecular complexity index is 804. The number of hydrogen-bond acceptors (Lipinski definition) is 4. The highest BCUT2D eigenvalue weighted by Crippen LogP contribution is 2.31. The Labute approximate surface area is 155 Å². The van der Waals surface area contributed by atoms with Gasteiger partial charge >= 0.3 is 0 Å². The molecule has 0 spiro atoms. The molecule has 2 aromatic carbocycles. The minimum atomic E-state index is -3.52. The van der Waals surface area contributed by atoms with Crippen molar-refractivity contribution in [3.05, 3.63) is 65.7 Å². The van der Waals surface area contributed by atoms with Crippen molar-refractivity contribution in [2.24, 2.45) is 5.92 Å². The van der Waals surface area contributed by atoms with Crippen LogP contribution >= 0.6 is 0 Å². The first-order valence-electron chi connectivity index (χ1n) is 8.96. The van der Waals surface area contributed by atoms with Crippen molar-refractivity contribution in [3.8, 4) is 5.75 Å². The first-order valence-corrected chi connectivity index (χ1v) is 10.6. The smallest absolute Gasteiger partial charge is 0.212 e. The van der Waals surface area contributed by atoms with E-state index < -0.39 is 16.1 Å². The molecule has 1 unspecified atom stereocenters. The van der Waals surface area contributed by atoms with Gasteiger partial charge in [0.1, 0.15) is 5.75 Å². The highest BCUT2D eigenvalue weighted by Gasteiger charge is 2.23. The van der Waals surface area contributed by atoms with Crippen molar-refractivity contribution >= 4 is 10.0 Å². The number of aliphatic hydroxyl groups excluding tert-OH is 1. The summed E-state index contributed by atoms with van der Waals surface area (Å²) in [6.45, 7) is 0.559. The van der Waals surface area contributed by atoms with E-state index in [-0.39, 0.29) is 18.8 Å². The van der Waals surface area contributed by atoms with E-state index in [0.717, 1.165) is 16.9 Å². The third-order valence-corrected chi connectivity index (χ3v) is 5.80. The monoisotopic (exact) mass is 375 g/mol. The molecule has 1 fully saturated rings. The molecule has 140 valence electrons. The van der Waals surface area contributed by atoms with Crippen molar-refractivity contribution in [3.63, 3.8) is 0 Å². The molecule has 0 radical (unpaired) electrons. The van der Waals surface area contributed by atoms with Crippen LogP contribution in [0.5, 0.6) is 5.75 Å². The minimum absolute atomic E-state index is 0.106. The van der Waals surface area contributed by atoms with Crippen molar-refractivity contribution in [2.45, 2.75) is 25.3 Å². The average molecular weight is 375 g/mol. The second-order valence-corrected chi connectivity index (χ2v) is 8.56. The van der Waals surface area contributed by atoms with Gasteiger partial charge in [0.25, 0.3) is 0 Å². The van der Waals surface area contributed by atoms with Gasteiger partial charge in [-0.1, -0.05) is 42.5 Å². The van der Waals surface area contributed by atoms with Gasteiger partial charge in [-0.25, -0.2) is 13.1 Å². The fourth-order valence-electron chi connectivity index (χ4n) is 2.75. The van der Waals surface area contributed by atoms with Crippen LogP contribution in [-0.2, 0) is 10.0 Å². The summed E-state index contributed by atoms with van der Waals surface area (Å²) in [7, 11) is -3.52. The van der Waals surface area contributed by atoms with E-state index in [0.29, 0.717) is 12.5 Å². The first-order chi connectivity index (χ1) is 12.6. The first kappa shape index (κ1) is 18.9. The maximum Gasteiger partial charge on any atom is 0.212 e. The average Bonchev–Trinajstić information content (AvgIpc) is 3.48. The summed E-state index contributed by atoms with van der Waals surface area (Å²) in [6, 6.07) is 16.6. The van der Waals surface area contributed by atoms with E-state index >= 15 is 0 Å². The van der Waals surface area contributed by atoms with E-state index in [2.05, 4.69) is 4.72 Å². The molecule has 1 aliphatic rings. The van der Waals surface area contributed by atoms with E-state index in [1.165, 1.54) is 12.8 Å². The molecule has 0 saturated heterocycles. The lowest BCUT2D eigenvalue weighted by Gasteiger charge is -2.20. The Morgan fingerprint density at radius 1 is 1.08 bits per heavy atom. The van der Waals surface area contributed by atoms with Gasteiger partial charge in [0, 0.05) is 6.61 Å². The third kappa shape index (κ3) is 5.56. The largest absolute Gasteiger partial charge is 0.493 e. The van der Waals surface area contributed by atoms with E-state index in [4.69, 9.17) is 9.84 Å². The molecule has 2 N–H and O–H groups in total. The Balaban J connectivity index is 1.84. The molecule has 0 aromatic heterocycles. The predicted octanol–water partition coefficient (Wildman–Crippen LogP) is 2.87. The molecule has 5 nitrogen and oxygen atoms in total. The molecule has 6 heteroatoms. The van der Waals surface area contributed by atoms with Crippen LogP contribution in [0.1, 0.15) is 36.4 Å². The fourth-order valence-corrected chi connectivity index (χ4v) is 4.01. The van der Waals surface area contributed by atoms with Gasteiger partial charge in [-0.2, -0.15) is 0 Å². The van der Waals surface area contributed by atoms with Crippen LogP contribution in [0.15, 0.2) is 54.6 Å². The summed E-state index contributed by atoms with van der Waals surface area (Å²) >= 11 is 0. The molecule has 1 aliphatic carbocycles. The Morgan fingerprint density at radius 2 is 1.81 bits per heavy atom. The number of rotatable bonds is 10. The van der Waals surface area contributed by atoms with Crippen LogP contribution in [0.3, 0.4) is 0 Å². The third-order valence-electron chi connectivity index (χ3n) is 4.38. The van der Waals surface area contributed by atoms with Crippen LogP contribution < -0.4 is 9.46 Å². The zero-order chi connectivity index (χ0) is 18.4. The number of aliphatic hydroxyl groups is 1. The van der Waals surface area contributed by atoms with Crippen molar-refractivity contribution < 1.29 is 18.3 Å². The highest BCUT2D eigenvalue weighted by molar-refractivity contribution is 7.89. The standard InChI is InChI=1S/C20H25NO4S/c22-12-5-13-26(23,24)21-20(17-6-2-1-3-7-17)18-8-4-9-19(14-18)25-15-16-10-11-16/h1-4,6-9,14,16,20-22H,5,10-13,15H2. The maximum atomic E-state index is 12.4. The van der Waals surface area contributed by atoms with E-state index in [1.54, 1.807) is 0 Å². The highest BCUT2D eigenvalue weighted by atomic mass is 32.2. The van der Waals surface area contributed by atoms with Gasteiger partial charge in [-0.3, -0.25) is 0 Å². The SMILES string of the molecule is O=S(=O)(CCCO)NC(c1ccccc1)c1cccc(OCC2CC2)c1. The van der Waals surface area contributed by atoms with Gasteiger partial charge in [-0.15, -0.1) is 0 Å². The molecule has 3 rings (SSSR count). The molecule has 26 heavy (non-hydrogen) atoms. The zero-order valence-electron chi connectivity index (χ0n) is 14.7. The number of sulfonamides is 1. The summed E-state index contributed by atoms with van der Waals surface area (Å²) in [5.74, 6) is 1.30. The topological polar surface area (TPSA) is 75.6 Å². The van der Waals surface area contributed by atoms with E-state index in [1.807, 2.05) is 54.6 Å². The van der Waals surface area contributed by atoms with Gasteiger partial charge in [0.05, 0.1) is 18.4 Å². The number of benzene rings is 2. The molecule has 1 saturated carbocycles. The Kier molecular flexibility index (Phi) is 6.29. The van der Waals surface area contributed by atoms with E-state index in [9.17, 15) is 8.42 Å². The minimum Gasteiger partial charge on any atom is -0.493 e. The molecule has 2 aromatic rings. The Morgan fingerprint density at radius 3 is 2.50 bits per heavy atom. The molecule has 1 atom stereocenters. The molecular formula is C20H25NO4S. The lowest BCUT2D eigenvalue weighted by Crippen LogP contribution is -2.31. The zero-order valence-corrected chi connectivity index (χ0v) is 15.5. The number of ether oxygens (including phenoxy) is 1. The van der Waals surface area contributed by atoms with Gasteiger partial charge in [0.15, 0.2) is 0 Å².